The van der Waals surface area contributed by atoms with E-state index in [-0.39, 0.29) is 18.4 Å². The minimum Gasteiger partial charge on any atom is -0.468 e. The van der Waals surface area contributed by atoms with Crippen molar-refractivity contribution in [3.05, 3.63) is 35.5 Å². The van der Waals surface area contributed by atoms with Gasteiger partial charge in [-0.3, -0.25) is 14.4 Å². The van der Waals surface area contributed by atoms with E-state index in [0.717, 1.165) is 17.6 Å². The first-order valence-electron chi connectivity index (χ1n) is 9.09. The van der Waals surface area contributed by atoms with Crippen LogP contribution < -0.4 is 0 Å². The van der Waals surface area contributed by atoms with Crippen LogP contribution in [0.25, 0.3) is 10.9 Å². The van der Waals surface area contributed by atoms with E-state index in [1.807, 2.05) is 23.1 Å². The number of carbonyl (C=O) groups is 3. The summed E-state index contributed by atoms with van der Waals surface area (Å²) in [7, 11) is 2.48. The zero-order valence-corrected chi connectivity index (χ0v) is 15.4. The molecule has 1 aromatic heterocycles. The summed E-state index contributed by atoms with van der Waals surface area (Å²) in [4.78, 5) is 42.5. The summed E-state index contributed by atoms with van der Waals surface area (Å²) in [6.45, 7) is 0.645. The van der Waals surface area contributed by atoms with Gasteiger partial charge in [0.25, 0.3) is 0 Å². The number of piperidine rings is 1. The van der Waals surface area contributed by atoms with Gasteiger partial charge in [0, 0.05) is 29.6 Å². The van der Waals surface area contributed by atoms with Crippen LogP contribution in [0, 0.1) is 11.8 Å². The SMILES string of the molecule is COC(=O)C(C(=O)OC)[C@@H]1CC(=O)N2CCc3c([nH]c4ccccc34)[C@H]2C1. The predicted octanol–water partition coefficient (Wildman–Crippen LogP) is 1.97. The number of amides is 1. The molecule has 0 unspecified atom stereocenters. The van der Waals surface area contributed by atoms with Crippen LogP contribution in [0.1, 0.15) is 30.1 Å². The Labute approximate surface area is 156 Å². The molecule has 0 radical (unpaired) electrons. The molecule has 2 aliphatic rings. The number of methoxy groups -OCH3 is 2. The number of aromatic amines is 1. The van der Waals surface area contributed by atoms with Crippen molar-refractivity contribution < 1.29 is 23.9 Å². The molecule has 0 spiro atoms. The lowest BCUT2D eigenvalue weighted by atomic mass is 9.78. The Hall–Kier alpha value is -2.83. The number of benzene rings is 1. The molecule has 1 aromatic carbocycles. The highest BCUT2D eigenvalue weighted by Gasteiger charge is 2.46. The summed E-state index contributed by atoms with van der Waals surface area (Å²) in [6.07, 6.45) is 1.45. The number of aromatic nitrogens is 1. The number of hydrogen-bond acceptors (Lipinski definition) is 5. The van der Waals surface area contributed by atoms with Crippen LogP contribution in [0.4, 0.5) is 0 Å². The fourth-order valence-electron chi connectivity index (χ4n) is 4.56. The first kappa shape index (κ1) is 17.6. The van der Waals surface area contributed by atoms with Crippen molar-refractivity contribution in [2.45, 2.75) is 25.3 Å². The maximum Gasteiger partial charge on any atom is 0.320 e. The number of nitrogens with zero attached hydrogens (tertiary/aromatic N) is 1. The Morgan fingerprint density at radius 3 is 2.59 bits per heavy atom. The molecule has 3 heterocycles. The van der Waals surface area contributed by atoms with Crippen LogP contribution in [0.3, 0.4) is 0 Å². The molecule has 7 heteroatoms. The number of nitrogens with one attached hydrogen (secondary N) is 1. The van der Waals surface area contributed by atoms with Crippen LogP contribution in [-0.2, 0) is 30.3 Å². The van der Waals surface area contributed by atoms with Crippen molar-refractivity contribution in [2.24, 2.45) is 11.8 Å². The highest BCUT2D eigenvalue weighted by molar-refractivity contribution is 5.96. The number of fused-ring (bicyclic) bond motifs is 5. The minimum atomic E-state index is -1.08. The maximum absolute atomic E-state index is 12.8. The summed E-state index contributed by atoms with van der Waals surface area (Å²) >= 11 is 0. The Balaban J connectivity index is 1.72. The molecule has 0 saturated carbocycles. The second-order valence-electron chi connectivity index (χ2n) is 7.14. The van der Waals surface area contributed by atoms with Crippen molar-refractivity contribution >= 4 is 28.7 Å². The number of rotatable bonds is 3. The molecule has 0 aliphatic carbocycles. The Bertz CT molecular complexity index is 902. The van der Waals surface area contributed by atoms with Crippen LogP contribution in [0.15, 0.2) is 24.3 Å². The quantitative estimate of drug-likeness (QED) is 0.659. The van der Waals surface area contributed by atoms with Crippen molar-refractivity contribution in [2.75, 3.05) is 20.8 Å². The third-order valence-corrected chi connectivity index (χ3v) is 5.82. The normalized spacial score (nSPS) is 21.7. The molecule has 7 nitrogen and oxygen atoms in total. The van der Waals surface area contributed by atoms with Gasteiger partial charge in [-0.25, -0.2) is 0 Å². The van der Waals surface area contributed by atoms with Gasteiger partial charge in [-0.1, -0.05) is 18.2 Å². The fraction of sp³-hybridized carbons (Fsp3) is 0.450. The van der Waals surface area contributed by atoms with E-state index in [9.17, 15) is 14.4 Å². The van der Waals surface area contributed by atoms with E-state index in [1.165, 1.54) is 25.2 Å². The second kappa shape index (κ2) is 6.72. The van der Waals surface area contributed by atoms with Crippen molar-refractivity contribution in [1.29, 1.82) is 0 Å². The molecule has 1 amide bonds. The molecule has 27 heavy (non-hydrogen) atoms. The van der Waals surface area contributed by atoms with Crippen LogP contribution in [-0.4, -0.2) is 48.5 Å². The Morgan fingerprint density at radius 2 is 1.89 bits per heavy atom. The third kappa shape index (κ3) is 2.78. The van der Waals surface area contributed by atoms with Gasteiger partial charge in [-0.05, 0) is 30.4 Å². The maximum atomic E-state index is 12.8. The first-order chi connectivity index (χ1) is 13.0. The van der Waals surface area contributed by atoms with Gasteiger partial charge in [0.1, 0.15) is 0 Å². The number of esters is 2. The van der Waals surface area contributed by atoms with Gasteiger partial charge in [0.2, 0.25) is 5.91 Å². The number of H-pyrrole nitrogens is 1. The Morgan fingerprint density at radius 1 is 1.19 bits per heavy atom. The molecular weight excluding hydrogens is 348 g/mol. The molecule has 2 atom stereocenters. The number of carbonyl (C=O) groups excluding carboxylic acids is 3. The van der Waals surface area contributed by atoms with Gasteiger partial charge < -0.3 is 19.4 Å². The van der Waals surface area contributed by atoms with E-state index < -0.39 is 23.8 Å². The third-order valence-electron chi connectivity index (χ3n) is 5.82. The topological polar surface area (TPSA) is 88.7 Å². The smallest absolute Gasteiger partial charge is 0.320 e. The van der Waals surface area contributed by atoms with Crippen molar-refractivity contribution in [3.8, 4) is 0 Å². The lowest BCUT2D eigenvalue weighted by Crippen LogP contribution is -2.48. The van der Waals surface area contributed by atoms with Crippen molar-refractivity contribution in [1.82, 2.24) is 9.88 Å². The lowest BCUT2D eigenvalue weighted by molar-refractivity contribution is -0.164. The summed E-state index contributed by atoms with van der Waals surface area (Å²) in [5.41, 5.74) is 3.26. The van der Waals surface area contributed by atoms with Gasteiger partial charge in [0.15, 0.2) is 5.92 Å². The second-order valence-corrected chi connectivity index (χ2v) is 7.14. The summed E-state index contributed by atoms with van der Waals surface area (Å²) < 4.78 is 9.61. The van der Waals surface area contributed by atoms with Crippen LogP contribution in [0.2, 0.25) is 0 Å². The average molecular weight is 370 g/mol. The summed E-state index contributed by atoms with van der Waals surface area (Å²) in [6, 6.07) is 7.90. The van der Waals surface area contributed by atoms with Crippen LogP contribution >= 0.6 is 0 Å². The summed E-state index contributed by atoms with van der Waals surface area (Å²) in [5.74, 6) is -2.88. The molecule has 1 fully saturated rings. The van der Waals surface area contributed by atoms with Gasteiger partial charge in [-0.15, -0.1) is 0 Å². The molecule has 1 saturated heterocycles. The van der Waals surface area contributed by atoms with E-state index in [2.05, 4.69) is 11.1 Å². The fourth-order valence-corrected chi connectivity index (χ4v) is 4.56. The molecule has 142 valence electrons. The minimum absolute atomic E-state index is 0.0432. The molecule has 1 N–H and O–H groups in total. The molecular formula is C20H22N2O5. The first-order valence-corrected chi connectivity index (χ1v) is 9.09. The monoisotopic (exact) mass is 370 g/mol. The zero-order chi connectivity index (χ0) is 19.1. The van der Waals surface area contributed by atoms with E-state index in [1.54, 1.807) is 0 Å². The van der Waals surface area contributed by atoms with Gasteiger partial charge in [0.05, 0.1) is 20.3 Å². The predicted molar refractivity (Wildman–Crippen MR) is 96.7 cm³/mol. The largest absolute Gasteiger partial charge is 0.468 e. The number of para-hydroxylation sites is 1. The Kier molecular flexibility index (Phi) is 4.37. The standard InChI is InChI=1S/C20H22N2O5/c1-26-19(24)17(20(25)27-2)11-9-15-18-13(7-8-22(15)16(23)10-11)12-5-3-4-6-14(12)21-18/h3-6,11,15,17,21H,7-10H2,1-2H3/t11-,15+/m0/s1. The number of ether oxygens (including phenoxy) is 2. The number of hydrogen-bond donors (Lipinski definition) is 1. The van der Waals surface area contributed by atoms with Gasteiger partial charge >= 0.3 is 11.9 Å². The van der Waals surface area contributed by atoms with Crippen LogP contribution in [0.5, 0.6) is 0 Å². The molecule has 0 bridgehead atoms. The summed E-state index contributed by atoms with van der Waals surface area (Å²) in [5, 5.41) is 1.17. The molecule has 4 rings (SSSR count). The lowest BCUT2D eigenvalue weighted by Gasteiger charge is -2.43. The average Bonchev–Trinajstić information content (AvgIpc) is 3.07. The zero-order valence-electron chi connectivity index (χ0n) is 15.4. The molecule has 2 aliphatic heterocycles. The highest BCUT2D eigenvalue weighted by Crippen LogP contribution is 2.43. The van der Waals surface area contributed by atoms with E-state index in [0.29, 0.717) is 13.0 Å². The highest BCUT2D eigenvalue weighted by atomic mass is 16.5. The van der Waals surface area contributed by atoms with Gasteiger partial charge in [-0.2, -0.15) is 0 Å². The molecule has 2 aromatic rings. The van der Waals surface area contributed by atoms with E-state index in [4.69, 9.17) is 9.47 Å². The van der Waals surface area contributed by atoms with E-state index >= 15 is 0 Å². The van der Waals surface area contributed by atoms with Crippen molar-refractivity contribution in [3.63, 3.8) is 0 Å².